The highest BCUT2D eigenvalue weighted by molar-refractivity contribution is 9.11. The summed E-state index contributed by atoms with van der Waals surface area (Å²) in [5.41, 5.74) is 1.50. The SMILES string of the molecule is Cl.O=C(c1csc(Br)c1)N1CCNCC1c1cccc(F)c1. The average Bonchev–Trinajstić information content (AvgIpc) is 2.93. The standard InChI is InChI=1S/C15H14BrFN2OS.ClH/c16-14-7-11(9-21-14)15(20)19-5-4-18-8-13(19)10-2-1-3-12(17)6-10;/h1-3,6-7,9,13,18H,4-5,8H2;1H. The summed E-state index contributed by atoms with van der Waals surface area (Å²) in [6.07, 6.45) is 0. The first-order valence-electron chi connectivity index (χ1n) is 6.66. The average molecular weight is 406 g/mol. The van der Waals surface area contributed by atoms with E-state index in [1.54, 1.807) is 6.07 Å². The Morgan fingerprint density at radius 2 is 2.23 bits per heavy atom. The van der Waals surface area contributed by atoms with E-state index in [1.807, 2.05) is 22.4 Å². The molecule has 7 heteroatoms. The van der Waals surface area contributed by atoms with Gasteiger partial charge in [0.2, 0.25) is 0 Å². The molecule has 2 heterocycles. The van der Waals surface area contributed by atoms with Crippen molar-refractivity contribution in [3.63, 3.8) is 0 Å². The zero-order valence-corrected chi connectivity index (χ0v) is 14.8. The van der Waals surface area contributed by atoms with Gasteiger partial charge in [0, 0.05) is 25.0 Å². The fourth-order valence-corrected chi connectivity index (χ4v) is 3.68. The molecule has 0 saturated carbocycles. The number of thiophene rings is 1. The van der Waals surface area contributed by atoms with Crippen LogP contribution in [0.3, 0.4) is 0 Å². The van der Waals surface area contributed by atoms with Gasteiger partial charge in [0.15, 0.2) is 0 Å². The minimum atomic E-state index is -0.274. The molecule has 1 N–H and O–H groups in total. The molecule has 1 aliphatic heterocycles. The van der Waals surface area contributed by atoms with Crippen molar-refractivity contribution in [1.82, 2.24) is 10.2 Å². The Labute approximate surface area is 147 Å². The van der Waals surface area contributed by atoms with E-state index in [1.165, 1.54) is 23.5 Å². The van der Waals surface area contributed by atoms with Crippen LogP contribution in [-0.2, 0) is 0 Å². The summed E-state index contributed by atoms with van der Waals surface area (Å²) < 4.78 is 14.4. The van der Waals surface area contributed by atoms with E-state index in [9.17, 15) is 9.18 Å². The van der Waals surface area contributed by atoms with E-state index in [0.717, 1.165) is 15.9 Å². The van der Waals surface area contributed by atoms with Gasteiger partial charge < -0.3 is 10.2 Å². The highest BCUT2D eigenvalue weighted by atomic mass is 79.9. The zero-order valence-electron chi connectivity index (χ0n) is 11.6. The summed E-state index contributed by atoms with van der Waals surface area (Å²) >= 11 is 4.87. The second-order valence-electron chi connectivity index (χ2n) is 4.91. The zero-order chi connectivity index (χ0) is 14.8. The number of nitrogens with one attached hydrogen (secondary N) is 1. The number of rotatable bonds is 2. The summed E-state index contributed by atoms with van der Waals surface area (Å²) in [5, 5.41) is 5.12. The van der Waals surface area contributed by atoms with Gasteiger partial charge in [0.25, 0.3) is 5.91 Å². The maximum Gasteiger partial charge on any atom is 0.255 e. The van der Waals surface area contributed by atoms with Gasteiger partial charge in [0.05, 0.1) is 15.4 Å². The fourth-order valence-electron chi connectivity index (χ4n) is 2.55. The van der Waals surface area contributed by atoms with Crippen molar-refractivity contribution in [2.75, 3.05) is 19.6 Å². The molecule has 1 atom stereocenters. The van der Waals surface area contributed by atoms with E-state index in [4.69, 9.17) is 0 Å². The van der Waals surface area contributed by atoms with Crippen molar-refractivity contribution >= 4 is 45.6 Å². The number of carbonyl (C=O) groups excluding carboxylic acids is 1. The number of benzene rings is 1. The van der Waals surface area contributed by atoms with Gasteiger partial charge in [-0.05, 0) is 39.7 Å². The third-order valence-electron chi connectivity index (χ3n) is 3.55. The fraction of sp³-hybridized carbons (Fsp3) is 0.267. The highest BCUT2D eigenvalue weighted by Gasteiger charge is 2.29. The van der Waals surface area contributed by atoms with Crippen LogP contribution in [0.5, 0.6) is 0 Å². The van der Waals surface area contributed by atoms with Gasteiger partial charge in [-0.2, -0.15) is 0 Å². The second kappa shape index (κ2) is 7.55. The van der Waals surface area contributed by atoms with Gasteiger partial charge in [-0.1, -0.05) is 12.1 Å². The van der Waals surface area contributed by atoms with E-state index < -0.39 is 0 Å². The van der Waals surface area contributed by atoms with Crippen molar-refractivity contribution in [2.45, 2.75) is 6.04 Å². The third-order valence-corrected chi connectivity index (χ3v) is 5.06. The molecule has 2 aromatic rings. The summed E-state index contributed by atoms with van der Waals surface area (Å²) in [6, 6.07) is 8.16. The van der Waals surface area contributed by atoms with Crippen molar-refractivity contribution in [1.29, 1.82) is 0 Å². The van der Waals surface area contributed by atoms with E-state index >= 15 is 0 Å². The molecule has 0 aliphatic carbocycles. The molecule has 0 radical (unpaired) electrons. The van der Waals surface area contributed by atoms with Crippen molar-refractivity contribution in [3.05, 3.63) is 56.4 Å². The largest absolute Gasteiger partial charge is 0.329 e. The maximum atomic E-state index is 13.4. The highest BCUT2D eigenvalue weighted by Crippen LogP contribution is 2.27. The first-order valence-corrected chi connectivity index (χ1v) is 8.33. The molecule has 3 rings (SSSR count). The molecule has 0 spiro atoms. The predicted molar refractivity (Wildman–Crippen MR) is 92.3 cm³/mol. The topological polar surface area (TPSA) is 32.3 Å². The van der Waals surface area contributed by atoms with Crippen molar-refractivity contribution in [3.8, 4) is 0 Å². The number of halogens is 3. The van der Waals surface area contributed by atoms with Gasteiger partial charge in [-0.3, -0.25) is 4.79 Å². The number of nitrogens with zero attached hydrogens (tertiary/aromatic N) is 1. The number of piperazine rings is 1. The predicted octanol–water partition coefficient (Wildman–Crippen LogP) is 3.86. The summed E-state index contributed by atoms with van der Waals surface area (Å²) in [6.45, 7) is 2.01. The maximum absolute atomic E-state index is 13.4. The monoisotopic (exact) mass is 404 g/mol. The summed E-state index contributed by atoms with van der Waals surface area (Å²) in [4.78, 5) is 14.5. The van der Waals surface area contributed by atoms with Crippen LogP contribution in [0.1, 0.15) is 22.0 Å². The van der Waals surface area contributed by atoms with E-state index in [2.05, 4.69) is 21.2 Å². The number of carbonyl (C=O) groups is 1. The second-order valence-corrected chi connectivity index (χ2v) is 7.20. The Balaban J connectivity index is 0.00000176. The number of amides is 1. The lowest BCUT2D eigenvalue weighted by atomic mass is 10.0. The van der Waals surface area contributed by atoms with E-state index in [-0.39, 0.29) is 30.2 Å². The smallest absolute Gasteiger partial charge is 0.255 e. The molecule has 3 nitrogen and oxygen atoms in total. The van der Waals surface area contributed by atoms with Crippen LogP contribution in [0.25, 0.3) is 0 Å². The Hall–Kier alpha value is -0.950. The summed E-state index contributed by atoms with van der Waals surface area (Å²) in [7, 11) is 0. The van der Waals surface area contributed by atoms with Crippen LogP contribution >= 0.6 is 39.7 Å². The molecule has 1 aromatic heterocycles. The van der Waals surface area contributed by atoms with Crippen molar-refractivity contribution in [2.24, 2.45) is 0 Å². The van der Waals surface area contributed by atoms with Gasteiger partial charge in [-0.25, -0.2) is 4.39 Å². The lowest BCUT2D eigenvalue weighted by Gasteiger charge is -2.36. The Kier molecular flexibility index (Phi) is 5.97. The molecule has 118 valence electrons. The Morgan fingerprint density at radius 1 is 1.41 bits per heavy atom. The van der Waals surface area contributed by atoms with Gasteiger partial charge >= 0.3 is 0 Å². The number of hydrogen-bond acceptors (Lipinski definition) is 3. The van der Waals surface area contributed by atoms with Crippen LogP contribution in [0.2, 0.25) is 0 Å². The Bertz CT molecular complexity index is 666. The number of hydrogen-bond donors (Lipinski definition) is 1. The van der Waals surface area contributed by atoms with Crippen LogP contribution in [-0.4, -0.2) is 30.4 Å². The molecular weight excluding hydrogens is 391 g/mol. The molecule has 1 fully saturated rings. The molecule has 1 aliphatic rings. The Morgan fingerprint density at radius 3 is 2.91 bits per heavy atom. The van der Waals surface area contributed by atoms with Crippen LogP contribution < -0.4 is 5.32 Å². The van der Waals surface area contributed by atoms with Crippen molar-refractivity contribution < 1.29 is 9.18 Å². The molecule has 1 unspecified atom stereocenters. The lowest BCUT2D eigenvalue weighted by Crippen LogP contribution is -2.48. The normalized spacial score (nSPS) is 17.9. The van der Waals surface area contributed by atoms with Gasteiger partial charge in [0.1, 0.15) is 5.82 Å². The van der Waals surface area contributed by atoms with Gasteiger partial charge in [-0.15, -0.1) is 23.7 Å². The third kappa shape index (κ3) is 3.68. The van der Waals surface area contributed by atoms with Crippen LogP contribution in [0.15, 0.2) is 39.5 Å². The summed E-state index contributed by atoms with van der Waals surface area (Å²) in [5.74, 6) is -0.281. The minimum absolute atomic E-state index is 0. The van der Waals surface area contributed by atoms with E-state index in [0.29, 0.717) is 18.7 Å². The first-order chi connectivity index (χ1) is 10.1. The van der Waals surface area contributed by atoms with Crippen LogP contribution in [0.4, 0.5) is 4.39 Å². The van der Waals surface area contributed by atoms with Crippen LogP contribution in [0, 0.1) is 5.82 Å². The molecule has 22 heavy (non-hydrogen) atoms. The first kappa shape index (κ1) is 17.4. The molecule has 0 bridgehead atoms. The molecular formula is C15H15BrClFN2OS. The molecule has 1 aromatic carbocycles. The quantitative estimate of drug-likeness (QED) is 0.823. The molecule has 1 saturated heterocycles. The lowest BCUT2D eigenvalue weighted by molar-refractivity contribution is 0.0634. The minimum Gasteiger partial charge on any atom is -0.329 e. The molecule has 1 amide bonds.